The molecule has 1 amide bonds. The Hall–Kier alpha value is -1.92. The number of methoxy groups -OCH3 is 1. The molecule has 0 aromatic heterocycles. The fourth-order valence-corrected chi connectivity index (χ4v) is 2.62. The van der Waals surface area contributed by atoms with E-state index in [2.05, 4.69) is 10.6 Å². The number of alkyl carbamates (subject to hydrolysis) is 1. The minimum atomic E-state index is -1.26. The van der Waals surface area contributed by atoms with Gasteiger partial charge in [0.15, 0.2) is 11.9 Å². The van der Waals surface area contributed by atoms with E-state index in [9.17, 15) is 9.59 Å². The molecule has 3 atom stereocenters. The van der Waals surface area contributed by atoms with Crippen LogP contribution < -0.4 is 10.6 Å². The normalized spacial score (nSPS) is 20.6. The number of ether oxygens (including phenoxy) is 2. The molecular weight excluding hydrogens is 308 g/mol. The number of epoxide rings is 1. The van der Waals surface area contributed by atoms with Crippen molar-refractivity contribution in [1.82, 2.24) is 10.6 Å². The standard InChI is InChI=1S/C18H26N2O4/c1-17(2,3)18(12-21,20-16(22)23-4)19-14(15-11-24-15)10-13-8-6-5-7-9-13/h5-9,12,14-15,19H,10-11H2,1-4H3,(H,20,22)/t14-,15-,18+/m0/s1. The Morgan fingerprint density at radius 3 is 2.46 bits per heavy atom. The summed E-state index contributed by atoms with van der Waals surface area (Å²) in [7, 11) is 1.28. The SMILES string of the molecule is COC(=O)N[C@@](C=O)(N[C@@H](Cc1ccccc1)[C@@H]1CO1)C(C)(C)C. The van der Waals surface area contributed by atoms with Crippen LogP contribution in [0.1, 0.15) is 26.3 Å². The van der Waals surface area contributed by atoms with Gasteiger partial charge in [0.2, 0.25) is 0 Å². The second-order valence-corrected chi connectivity index (χ2v) is 7.10. The summed E-state index contributed by atoms with van der Waals surface area (Å²) >= 11 is 0. The Morgan fingerprint density at radius 2 is 2.00 bits per heavy atom. The molecule has 1 heterocycles. The van der Waals surface area contributed by atoms with Gasteiger partial charge in [-0.05, 0) is 12.0 Å². The summed E-state index contributed by atoms with van der Waals surface area (Å²) in [6.45, 7) is 6.30. The maximum absolute atomic E-state index is 12.0. The second-order valence-electron chi connectivity index (χ2n) is 7.10. The number of hydrogen-bond acceptors (Lipinski definition) is 5. The van der Waals surface area contributed by atoms with Crippen LogP contribution in [0.2, 0.25) is 0 Å². The molecular formula is C18H26N2O4. The lowest BCUT2D eigenvalue weighted by molar-refractivity contribution is -0.119. The Labute approximate surface area is 142 Å². The minimum Gasteiger partial charge on any atom is -0.453 e. The molecule has 1 fully saturated rings. The third kappa shape index (κ3) is 4.33. The highest BCUT2D eigenvalue weighted by Gasteiger charge is 2.48. The highest BCUT2D eigenvalue weighted by atomic mass is 16.6. The quantitative estimate of drug-likeness (QED) is 0.452. The summed E-state index contributed by atoms with van der Waals surface area (Å²) in [5.41, 5.74) is -0.685. The molecule has 0 bridgehead atoms. The monoisotopic (exact) mass is 334 g/mol. The second kappa shape index (κ2) is 7.32. The van der Waals surface area contributed by atoms with Crippen LogP contribution in [0, 0.1) is 5.41 Å². The Kier molecular flexibility index (Phi) is 5.62. The van der Waals surface area contributed by atoms with E-state index in [1.165, 1.54) is 7.11 Å². The van der Waals surface area contributed by atoms with Crippen LogP contribution in [0.5, 0.6) is 0 Å². The smallest absolute Gasteiger partial charge is 0.408 e. The summed E-state index contributed by atoms with van der Waals surface area (Å²) in [4.78, 5) is 23.8. The van der Waals surface area contributed by atoms with Crippen LogP contribution in [0.15, 0.2) is 30.3 Å². The van der Waals surface area contributed by atoms with Gasteiger partial charge in [-0.2, -0.15) is 0 Å². The average Bonchev–Trinajstić information content (AvgIpc) is 3.38. The zero-order valence-corrected chi connectivity index (χ0v) is 14.7. The molecule has 0 saturated carbocycles. The predicted molar refractivity (Wildman–Crippen MR) is 90.6 cm³/mol. The Morgan fingerprint density at radius 1 is 1.38 bits per heavy atom. The molecule has 6 heteroatoms. The third-order valence-electron chi connectivity index (χ3n) is 4.36. The van der Waals surface area contributed by atoms with E-state index in [1.54, 1.807) is 0 Å². The van der Waals surface area contributed by atoms with Gasteiger partial charge >= 0.3 is 6.09 Å². The van der Waals surface area contributed by atoms with Crippen molar-refractivity contribution in [3.63, 3.8) is 0 Å². The molecule has 132 valence electrons. The minimum absolute atomic E-state index is 0.0197. The van der Waals surface area contributed by atoms with Crippen LogP contribution in [-0.2, 0) is 20.7 Å². The van der Waals surface area contributed by atoms with Crippen LogP contribution in [0.25, 0.3) is 0 Å². The van der Waals surface area contributed by atoms with Gasteiger partial charge in [0.1, 0.15) is 0 Å². The van der Waals surface area contributed by atoms with Crippen LogP contribution in [0.3, 0.4) is 0 Å². The lowest BCUT2D eigenvalue weighted by Crippen LogP contribution is -2.70. The number of carbonyl (C=O) groups excluding carboxylic acids is 2. The van der Waals surface area contributed by atoms with Crippen molar-refractivity contribution in [3.05, 3.63) is 35.9 Å². The van der Waals surface area contributed by atoms with Gasteiger partial charge in [-0.25, -0.2) is 4.79 Å². The third-order valence-corrected chi connectivity index (χ3v) is 4.36. The van der Waals surface area contributed by atoms with Crippen molar-refractivity contribution >= 4 is 12.4 Å². The topological polar surface area (TPSA) is 80.0 Å². The highest BCUT2D eigenvalue weighted by Crippen LogP contribution is 2.30. The van der Waals surface area contributed by atoms with Crippen LogP contribution in [-0.4, -0.2) is 43.9 Å². The van der Waals surface area contributed by atoms with E-state index in [0.29, 0.717) is 13.0 Å². The number of amides is 1. The molecule has 1 aromatic carbocycles. The van der Waals surface area contributed by atoms with Gasteiger partial charge < -0.3 is 9.47 Å². The fraction of sp³-hybridized carbons (Fsp3) is 0.556. The summed E-state index contributed by atoms with van der Waals surface area (Å²) in [6, 6.07) is 9.87. The molecule has 0 radical (unpaired) electrons. The van der Waals surface area contributed by atoms with Crippen LogP contribution in [0.4, 0.5) is 4.79 Å². The molecule has 1 saturated heterocycles. The van der Waals surface area contributed by atoms with Gasteiger partial charge in [0.25, 0.3) is 0 Å². The number of benzene rings is 1. The average molecular weight is 334 g/mol. The van der Waals surface area contributed by atoms with E-state index in [-0.39, 0.29) is 12.1 Å². The van der Waals surface area contributed by atoms with E-state index in [0.717, 1.165) is 11.8 Å². The molecule has 1 aliphatic heterocycles. The van der Waals surface area contributed by atoms with E-state index < -0.39 is 17.2 Å². The maximum atomic E-state index is 12.0. The Bertz CT molecular complexity index is 566. The van der Waals surface area contributed by atoms with Crippen molar-refractivity contribution < 1.29 is 19.1 Å². The van der Waals surface area contributed by atoms with Gasteiger partial charge in [0, 0.05) is 11.5 Å². The molecule has 0 spiro atoms. The number of nitrogens with one attached hydrogen (secondary N) is 2. The maximum Gasteiger partial charge on any atom is 0.408 e. The number of carbonyl (C=O) groups is 2. The van der Waals surface area contributed by atoms with E-state index >= 15 is 0 Å². The molecule has 2 rings (SSSR count). The van der Waals surface area contributed by atoms with Gasteiger partial charge in [-0.3, -0.25) is 15.4 Å². The summed E-state index contributed by atoms with van der Waals surface area (Å²) in [6.07, 6.45) is 0.802. The van der Waals surface area contributed by atoms with Crippen molar-refractivity contribution in [2.45, 2.75) is 45.0 Å². The van der Waals surface area contributed by atoms with Crippen molar-refractivity contribution in [2.24, 2.45) is 5.41 Å². The van der Waals surface area contributed by atoms with Crippen molar-refractivity contribution in [2.75, 3.05) is 13.7 Å². The lowest BCUT2D eigenvalue weighted by atomic mass is 9.80. The molecule has 0 aliphatic carbocycles. The summed E-state index contributed by atoms with van der Waals surface area (Å²) in [5.74, 6) is 0. The lowest BCUT2D eigenvalue weighted by Gasteiger charge is -2.43. The first kappa shape index (κ1) is 18.4. The zero-order chi connectivity index (χ0) is 17.8. The first-order valence-corrected chi connectivity index (χ1v) is 8.07. The molecule has 24 heavy (non-hydrogen) atoms. The van der Waals surface area contributed by atoms with Gasteiger partial charge in [-0.15, -0.1) is 0 Å². The molecule has 2 N–H and O–H groups in total. The number of aldehydes is 1. The number of hydrogen-bond donors (Lipinski definition) is 2. The Balaban J connectivity index is 2.24. The number of rotatable bonds is 7. The van der Waals surface area contributed by atoms with E-state index in [1.807, 2.05) is 51.1 Å². The summed E-state index contributed by atoms with van der Waals surface area (Å²) in [5, 5.41) is 6.00. The first-order valence-electron chi connectivity index (χ1n) is 8.07. The van der Waals surface area contributed by atoms with Crippen molar-refractivity contribution in [1.29, 1.82) is 0 Å². The van der Waals surface area contributed by atoms with E-state index in [4.69, 9.17) is 9.47 Å². The van der Waals surface area contributed by atoms with Crippen LogP contribution >= 0.6 is 0 Å². The molecule has 0 unspecified atom stereocenters. The van der Waals surface area contributed by atoms with Gasteiger partial charge in [-0.1, -0.05) is 51.1 Å². The largest absolute Gasteiger partial charge is 0.453 e. The van der Waals surface area contributed by atoms with Crippen molar-refractivity contribution in [3.8, 4) is 0 Å². The highest BCUT2D eigenvalue weighted by molar-refractivity contribution is 5.76. The molecule has 1 aliphatic rings. The zero-order valence-electron chi connectivity index (χ0n) is 14.7. The summed E-state index contributed by atoms with van der Waals surface area (Å²) < 4.78 is 10.2. The predicted octanol–water partition coefficient (Wildman–Crippen LogP) is 1.88. The first-order chi connectivity index (χ1) is 11.3. The fourth-order valence-electron chi connectivity index (χ4n) is 2.62. The molecule has 1 aromatic rings. The molecule has 6 nitrogen and oxygen atoms in total. The van der Waals surface area contributed by atoms with Gasteiger partial charge in [0.05, 0.1) is 19.8 Å².